The van der Waals surface area contributed by atoms with Gasteiger partial charge in [-0.3, -0.25) is 19.3 Å². The van der Waals surface area contributed by atoms with Crippen molar-refractivity contribution in [2.75, 3.05) is 33.2 Å². The first-order valence-electron chi connectivity index (χ1n) is 8.14. The van der Waals surface area contributed by atoms with Crippen LogP contribution in [0.1, 0.15) is 18.0 Å². The highest BCUT2D eigenvalue weighted by Crippen LogP contribution is 2.26. The average molecular weight is 344 g/mol. The van der Waals surface area contributed by atoms with Gasteiger partial charge in [0.05, 0.1) is 12.5 Å². The summed E-state index contributed by atoms with van der Waals surface area (Å²) in [6.45, 7) is 0.347. The lowest BCUT2D eigenvalue weighted by molar-refractivity contribution is -0.138. The molecule has 5 amide bonds. The van der Waals surface area contributed by atoms with Gasteiger partial charge in [0.2, 0.25) is 11.8 Å². The zero-order valence-electron chi connectivity index (χ0n) is 14.0. The zero-order chi connectivity index (χ0) is 18.0. The Morgan fingerprint density at radius 2 is 1.92 bits per heavy atom. The van der Waals surface area contributed by atoms with E-state index in [0.29, 0.717) is 13.1 Å². The van der Waals surface area contributed by atoms with Crippen LogP contribution >= 0.6 is 0 Å². The molecule has 25 heavy (non-hydrogen) atoms. The quantitative estimate of drug-likeness (QED) is 0.780. The second-order valence-corrected chi connectivity index (χ2v) is 6.19. The second kappa shape index (κ2) is 6.92. The van der Waals surface area contributed by atoms with Gasteiger partial charge < -0.3 is 15.1 Å². The minimum absolute atomic E-state index is 0.0196. The number of rotatable bonds is 3. The van der Waals surface area contributed by atoms with Gasteiger partial charge in [-0.05, 0) is 5.56 Å². The minimum atomic E-state index is -0.473. The van der Waals surface area contributed by atoms with Gasteiger partial charge in [0.25, 0.3) is 5.91 Å². The average Bonchev–Trinajstić information content (AvgIpc) is 2.77. The van der Waals surface area contributed by atoms with E-state index in [-0.39, 0.29) is 37.2 Å². The molecule has 0 aromatic heterocycles. The molecule has 1 unspecified atom stereocenters. The largest absolute Gasteiger partial charge is 0.354 e. The number of carbonyl (C=O) groups excluding carboxylic acids is 4. The molecule has 0 saturated carbocycles. The molecule has 1 N–H and O–H groups in total. The van der Waals surface area contributed by atoms with Crippen LogP contribution < -0.4 is 5.32 Å². The Labute approximate surface area is 145 Å². The fourth-order valence-corrected chi connectivity index (χ4v) is 3.15. The fraction of sp³-hybridized carbons (Fsp3) is 0.412. The number of likely N-dealkylation sites (N-methyl/N-ethyl adjacent to an activating group) is 1. The Bertz CT molecular complexity index is 706. The number of carbonyl (C=O) groups is 4. The van der Waals surface area contributed by atoms with Crippen LogP contribution in [0.15, 0.2) is 30.3 Å². The number of imide groups is 1. The topological polar surface area (TPSA) is 90.0 Å². The molecule has 2 aliphatic heterocycles. The second-order valence-electron chi connectivity index (χ2n) is 6.19. The third-order valence-corrected chi connectivity index (χ3v) is 4.46. The standard InChI is InChI=1S/C17H20N4O4/c1-19-10-15(23)21(17(19)25)11-16(24)20-8-7-18-14(22)9-13(20)12-5-3-2-4-6-12/h2-6,13H,7-11H2,1H3,(H,18,22). The summed E-state index contributed by atoms with van der Waals surface area (Å²) in [7, 11) is 1.52. The highest BCUT2D eigenvalue weighted by Gasteiger charge is 2.37. The van der Waals surface area contributed by atoms with Gasteiger partial charge in [-0.2, -0.15) is 0 Å². The first-order chi connectivity index (χ1) is 12.0. The summed E-state index contributed by atoms with van der Waals surface area (Å²) < 4.78 is 0. The molecule has 1 atom stereocenters. The van der Waals surface area contributed by atoms with Gasteiger partial charge in [0.1, 0.15) is 13.1 Å². The van der Waals surface area contributed by atoms with Crippen LogP contribution in [0.25, 0.3) is 0 Å². The van der Waals surface area contributed by atoms with Gasteiger partial charge in [-0.25, -0.2) is 4.79 Å². The fourth-order valence-electron chi connectivity index (χ4n) is 3.15. The molecule has 8 nitrogen and oxygen atoms in total. The number of nitrogens with zero attached hydrogens (tertiary/aromatic N) is 3. The molecule has 0 aliphatic carbocycles. The predicted octanol–water partition coefficient (Wildman–Crippen LogP) is -0.0298. The van der Waals surface area contributed by atoms with E-state index in [1.165, 1.54) is 11.9 Å². The molecule has 0 spiro atoms. The maximum atomic E-state index is 12.8. The molecule has 3 rings (SSSR count). The third kappa shape index (κ3) is 3.47. The molecule has 132 valence electrons. The van der Waals surface area contributed by atoms with Crippen LogP contribution in [0.5, 0.6) is 0 Å². The molecule has 2 saturated heterocycles. The Morgan fingerprint density at radius 3 is 2.56 bits per heavy atom. The Balaban J connectivity index is 1.82. The molecule has 1 aromatic carbocycles. The molecule has 0 bridgehead atoms. The molecule has 2 heterocycles. The number of hydrogen-bond donors (Lipinski definition) is 1. The summed E-state index contributed by atoms with van der Waals surface area (Å²) >= 11 is 0. The number of amides is 5. The maximum Gasteiger partial charge on any atom is 0.327 e. The van der Waals surface area contributed by atoms with Crippen molar-refractivity contribution in [1.82, 2.24) is 20.0 Å². The molecule has 2 fully saturated rings. The first-order valence-corrected chi connectivity index (χ1v) is 8.14. The van der Waals surface area contributed by atoms with Crippen LogP contribution in [0.2, 0.25) is 0 Å². The van der Waals surface area contributed by atoms with E-state index in [4.69, 9.17) is 0 Å². The van der Waals surface area contributed by atoms with Gasteiger partial charge in [0, 0.05) is 20.1 Å². The number of benzene rings is 1. The van der Waals surface area contributed by atoms with Crippen molar-refractivity contribution in [2.45, 2.75) is 12.5 Å². The van der Waals surface area contributed by atoms with Crippen molar-refractivity contribution in [2.24, 2.45) is 0 Å². The number of nitrogens with one attached hydrogen (secondary N) is 1. The predicted molar refractivity (Wildman–Crippen MR) is 88.3 cm³/mol. The summed E-state index contributed by atoms with van der Waals surface area (Å²) in [6.07, 6.45) is 0.150. The third-order valence-electron chi connectivity index (χ3n) is 4.46. The smallest absolute Gasteiger partial charge is 0.327 e. The van der Waals surface area contributed by atoms with E-state index in [2.05, 4.69) is 5.32 Å². The Kier molecular flexibility index (Phi) is 4.69. The molecule has 2 aliphatic rings. The lowest BCUT2D eigenvalue weighted by atomic mass is 10.0. The van der Waals surface area contributed by atoms with E-state index in [1.54, 1.807) is 4.90 Å². The SMILES string of the molecule is CN1CC(=O)N(CC(=O)N2CCNC(=O)CC2c2ccccc2)C1=O. The van der Waals surface area contributed by atoms with Crippen molar-refractivity contribution in [3.63, 3.8) is 0 Å². The normalized spacial score (nSPS) is 21.4. The summed E-state index contributed by atoms with van der Waals surface area (Å²) in [5.41, 5.74) is 0.851. The van der Waals surface area contributed by atoms with Crippen LogP contribution in [0.3, 0.4) is 0 Å². The molecule has 0 radical (unpaired) electrons. The number of hydrogen-bond acceptors (Lipinski definition) is 4. The van der Waals surface area contributed by atoms with Crippen LogP contribution in [-0.4, -0.2) is 71.7 Å². The van der Waals surface area contributed by atoms with E-state index in [1.807, 2.05) is 30.3 Å². The van der Waals surface area contributed by atoms with Crippen molar-refractivity contribution in [1.29, 1.82) is 0 Å². The van der Waals surface area contributed by atoms with E-state index in [0.717, 1.165) is 10.5 Å². The van der Waals surface area contributed by atoms with Crippen molar-refractivity contribution < 1.29 is 19.2 Å². The summed E-state index contributed by atoms with van der Waals surface area (Å²) in [6, 6.07) is 8.41. The summed E-state index contributed by atoms with van der Waals surface area (Å²) in [5, 5.41) is 2.76. The van der Waals surface area contributed by atoms with E-state index >= 15 is 0 Å². The van der Waals surface area contributed by atoms with Gasteiger partial charge in [0.15, 0.2) is 0 Å². The van der Waals surface area contributed by atoms with Gasteiger partial charge >= 0.3 is 6.03 Å². The van der Waals surface area contributed by atoms with Crippen molar-refractivity contribution >= 4 is 23.8 Å². The zero-order valence-corrected chi connectivity index (χ0v) is 14.0. The summed E-state index contributed by atoms with van der Waals surface area (Å²) in [4.78, 5) is 52.5. The summed E-state index contributed by atoms with van der Waals surface area (Å²) in [5.74, 6) is -0.860. The Morgan fingerprint density at radius 1 is 1.20 bits per heavy atom. The molecular formula is C17H20N4O4. The van der Waals surface area contributed by atoms with E-state index in [9.17, 15) is 19.2 Å². The molecule has 8 heteroatoms. The number of urea groups is 1. The lowest BCUT2D eigenvalue weighted by Crippen LogP contribution is -2.45. The maximum absolute atomic E-state index is 12.8. The highest BCUT2D eigenvalue weighted by molar-refractivity contribution is 6.04. The lowest BCUT2D eigenvalue weighted by Gasteiger charge is -2.30. The van der Waals surface area contributed by atoms with Gasteiger partial charge in [-0.15, -0.1) is 0 Å². The Hall–Kier alpha value is -2.90. The van der Waals surface area contributed by atoms with Crippen LogP contribution in [0.4, 0.5) is 4.79 Å². The van der Waals surface area contributed by atoms with Crippen molar-refractivity contribution in [3.8, 4) is 0 Å². The highest BCUT2D eigenvalue weighted by atomic mass is 16.2. The van der Waals surface area contributed by atoms with E-state index < -0.39 is 12.1 Å². The minimum Gasteiger partial charge on any atom is -0.354 e. The molecule has 1 aromatic rings. The molecular weight excluding hydrogens is 324 g/mol. The van der Waals surface area contributed by atoms with Gasteiger partial charge in [-0.1, -0.05) is 30.3 Å². The van der Waals surface area contributed by atoms with Crippen molar-refractivity contribution in [3.05, 3.63) is 35.9 Å². The first kappa shape index (κ1) is 16.9. The van der Waals surface area contributed by atoms with Crippen LogP contribution in [-0.2, 0) is 14.4 Å². The monoisotopic (exact) mass is 344 g/mol. The van der Waals surface area contributed by atoms with Crippen LogP contribution in [0, 0.1) is 0 Å².